The number of anilines is 1. The molecular weight excluding hydrogens is 346 g/mol. The quantitative estimate of drug-likeness (QED) is 0.873. The fraction of sp³-hybridized carbons (Fsp3) is 0.562. The van der Waals surface area contributed by atoms with Gasteiger partial charge in [0.1, 0.15) is 5.54 Å². The minimum absolute atomic E-state index is 0. The molecule has 2 N–H and O–H groups in total. The molecule has 8 heteroatoms. The van der Waals surface area contributed by atoms with Gasteiger partial charge in [-0.25, -0.2) is 4.98 Å². The fourth-order valence-corrected chi connectivity index (χ4v) is 4.59. The van der Waals surface area contributed by atoms with E-state index < -0.39 is 5.54 Å². The second-order valence-electron chi connectivity index (χ2n) is 6.28. The molecular formula is C16H22ClN5OS. The van der Waals surface area contributed by atoms with Crippen LogP contribution in [0.1, 0.15) is 36.3 Å². The van der Waals surface area contributed by atoms with Crippen LogP contribution in [0.15, 0.2) is 18.5 Å². The molecule has 0 atom stereocenters. The number of carbonyl (C=O) groups excluding carboxylic acids is 1. The molecule has 0 spiro atoms. The van der Waals surface area contributed by atoms with Crippen LogP contribution in [0.5, 0.6) is 0 Å². The molecule has 0 saturated carbocycles. The molecule has 1 aliphatic heterocycles. The molecule has 4 rings (SSSR count). The molecule has 0 aromatic carbocycles. The van der Waals surface area contributed by atoms with Crippen molar-refractivity contribution in [3.63, 3.8) is 0 Å². The van der Waals surface area contributed by atoms with Crippen LogP contribution in [-0.2, 0) is 23.2 Å². The Morgan fingerprint density at radius 3 is 2.79 bits per heavy atom. The number of piperidine rings is 1. The lowest BCUT2D eigenvalue weighted by Gasteiger charge is -2.36. The van der Waals surface area contributed by atoms with Gasteiger partial charge in [-0.2, -0.15) is 5.10 Å². The molecule has 0 bridgehead atoms. The number of aryl methyl sites for hydroxylation is 2. The number of rotatable bonds is 3. The Balaban J connectivity index is 0.00000169. The molecule has 2 aliphatic rings. The molecule has 1 fully saturated rings. The Bertz CT molecular complexity index is 670. The minimum Gasteiger partial charge on any atom is -0.317 e. The fourth-order valence-electron chi connectivity index (χ4n) is 3.54. The van der Waals surface area contributed by atoms with Gasteiger partial charge >= 0.3 is 0 Å². The topological polar surface area (TPSA) is 71.8 Å². The molecule has 130 valence electrons. The number of thiazole rings is 1. The Morgan fingerprint density at radius 1 is 1.29 bits per heavy atom. The second kappa shape index (κ2) is 7.21. The smallest absolute Gasteiger partial charge is 0.254 e. The predicted molar refractivity (Wildman–Crippen MR) is 96.9 cm³/mol. The first-order valence-corrected chi connectivity index (χ1v) is 9.10. The highest BCUT2D eigenvalue weighted by molar-refractivity contribution is 7.15. The lowest BCUT2D eigenvalue weighted by molar-refractivity contribution is -0.126. The first-order chi connectivity index (χ1) is 11.3. The van der Waals surface area contributed by atoms with E-state index in [9.17, 15) is 4.79 Å². The van der Waals surface area contributed by atoms with Crippen LogP contribution in [-0.4, -0.2) is 33.8 Å². The highest BCUT2D eigenvalue weighted by Crippen LogP contribution is 2.32. The number of aromatic nitrogens is 3. The Kier molecular flexibility index (Phi) is 5.22. The first-order valence-electron chi connectivity index (χ1n) is 8.29. The van der Waals surface area contributed by atoms with E-state index in [0.29, 0.717) is 0 Å². The van der Waals surface area contributed by atoms with Crippen LogP contribution in [0.2, 0.25) is 0 Å². The average molecular weight is 368 g/mol. The standard InChI is InChI=1S/C16H21N5OS.ClH/c22-14(20-15-19-12-4-1-2-5-13(12)23-15)16(6-9-17-10-7-16)21-11-3-8-18-21;/h3,8,11,17H,1-2,4-7,9-10H2,(H,19,20,22);1H. The third-order valence-electron chi connectivity index (χ3n) is 4.86. The molecule has 1 aliphatic carbocycles. The lowest BCUT2D eigenvalue weighted by Crippen LogP contribution is -2.52. The molecule has 1 saturated heterocycles. The maximum Gasteiger partial charge on any atom is 0.254 e. The monoisotopic (exact) mass is 367 g/mol. The number of hydrogen-bond donors (Lipinski definition) is 2. The summed E-state index contributed by atoms with van der Waals surface area (Å²) in [4.78, 5) is 19.0. The van der Waals surface area contributed by atoms with E-state index >= 15 is 0 Å². The Labute approximate surface area is 151 Å². The van der Waals surface area contributed by atoms with Gasteiger partial charge in [-0.15, -0.1) is 23.7 Å². The summed E-state index contributed by atoms with van der Waals surface area (Å²) in [6, 6.07) is 1.87. The maximum atomic E-state index is 13.1. The zero-order valence-electron chi connectivity index (χ0n) is 13.5. The highest BCUT2D eigenvalue weighted by Gasteiger charge is 2.42. The van der Waals surface area contributed by atoms with Gasteiger partial charge < -0.3 is 5.32 Å². The second-order valence-corrected chi connectivity index (χ2v) is 7.37. The van der Waals surface area contributed by atoms with Crippen molar-refractivity contribution >= 4 is 34.8 Å². The third kappa shape index (κ3) is 3.08. The summed E-state index contributed by atoms with van der Waals surface area (Å²) in [7, 11) is 0. The van der Waals surface area contributed by atoms with Crippen molar-refractivity contribution in [2.75, 3.05) is 18.4 Å². The van der Waals surface area contributed by atoms with E-state index in [0.717, 1.165) is 43.9 Å². The summed E-state index contributed by atoms with van der Waals surface area (Å²) >= 11 is 1.64. The van der Waals surface area contributed by atoms with E-state index in [1.54, 1.807) is 17.5 Å². The number of nitrogens with one attached hydrogen (secondary N) is 2. The summed E-state index contributed by atoms with van der Waals surface area (Å²) in [6.07, 6.45) is 9.67. The van der Waals surface area contributed by atoms with Crippen molar-refractivity contribution in [3.05, 3.63) is 29.0 Å². The Hall–Kier alpha value is -1.44. The summed E-state index contributed by atoms with van der Waals surface area (Å²) in [5.74, 6) is 0.00815. The molecule has 6 nitrogen and oxygen atoms in total. The van der Waals surface area contributed by atoms with Crippen molar-refractivity contribution in [1.82, 2.24) is 20.1 Å². The molecule has 3 heterocycles. The van der Waals surface area contributed by atoms with Gasteiger partial charge in [-0.1, -0.05) is 0 Å². The summed E-state index contributed by atoms with van der Waals surface area (Å²) in [5.41, 5.74) is 0.566. The summed E-state index contributed by atoms with van der Waals surface area (Å²) in [6.45, 7) is 1.64. The molecule has 0 unspecified atom stereocenters. The number of halogens is 1. The van der Waals surface area contributed by atoms with Crippen molar-refractivity contribution in [2.45, 2.75) is 44.1 Å². The Morgan fingerprint density at radius 2 is 2.08 bits per heavy atom. The molecule has 1 amide bonds. The number of fused-ring (bicyclic) bond motifs is 1. The SMILES string of the molecule is Cl.O=C(Nc1nc2c(s1)CCCC2)C1(n2cccn2)CCNCC1. The average Bonchev–Trinajstić information content (AvgIpc) is 3.24. The molecule has 0 radical (unpaired) electrons. The van der Waals surface area contributed by atoms with Crippen molar-refractivity contribution in [2.24, 2.45) is 0 Å². The van der Waals surface area contributed by atoms with Crippen LogP contribution < -0.4 is 10.6 Å². The largest absolute Gasteiger partial charge is 0.317 e. The maximum absolute atomic E-state index is 13.1. The van der Waals surface area contributed by atoms with Crippen LogP contribution in [0, 0.1) is 0 Å². The number of hydrogen-bond acceptors (Lipinski definition) is 5. The third-order valence-corrected chi connectivity index (χ3v) is 5.94. The summed E-state index contributed by atoms with van der Waals surface area (Å²) < 4.78 is 1.82. The van der Waals surface area contributed by atoms with E-state index in [-0.39, 0.29) is 18.3 Å². The molecule has 2 aromatic rings. The van der Waals surface area contributed by atoms with Gasteiger partial charge in [-0.3, -0.25) is 14.8 Å². The minimum atomic E-state index is -0.610. The van der Waals surface area contributed by atoms with Gasteiger partial charge in [0.15, 0.2) is 5.13 Å². The van der Waals surface area contributed by atoms with E-state index in [1.807, 2.05) is 16.9 Å². The normalized spacial score (nSPS) is 19.2. The number of carbonyl (C=O) groups is 1. The van der Waals surface area contributed by atoms with Gasteiger partial charge in [0.2, 0.25) is 0 Å². The van der Waals surface area contributed by atoms with Crippen LogP contribution in [0.4, 0.5) is 5.13 Å². The highest BCUT2D eigenvalue weighted by atomic mass is 35.5. The molecule has 24 heavy (non-hydrogen) atoms. The van der Waals surface area contributed by atoms with Crippen LogP contribution in [0.3, 0.4) is 0 Å². The van der Waals surface area contributed by atoms with Crippen LogP contribution >= 0.6 is 23.7 Å². The van der Waals surface area contributed by atoms with Crippen molar-refractivity contribution in [1.29, 1.82) is 0 Å². The number of nitrogens with zero attached hydrogens (tertiary/aromatic N) is 3. The van der Waals surface area contributed by atoms with Gasteiger partial charge in [-0.05, 0) is 57.7 Å². The number of amides is 1. The zero-order valence-corrected chi connectivity index (χ0v) is 15.1. The van der Waals surface area contributed by atoms with Crippen molar-refractivity contribution < 1.29 is 4.79 Å². The zero-order chi connectivity index (χ0) is 15.7. The van der Waals surface area contributed by atoms with Crippen molar-refractivity contribution in [3.8, 4) is 0 Å². The van der Waals surface area contributed by atoms with Gasteiger partial charge in [0.05, 0.1) is 5.69 Å². The van der Waals surface area contributed by atoms with Gasteiger partial charge in [0.25, 0.3) is 5.91 Å². The predicted octanol–water partition coefficient (Wildman–Crippen LogP) is 2.36. The van der Waals surface area contributed by atoms with E-state index in [1.165, 1.54) is 23.4 Å². The van der Waals surface area contributed by atoms with Gasteiger partial charge in [0, 0.05) is 17.3 Å². The first kappa shape index (κ1) is 17.4. The molecule has 2 aromatic heterocycles. The summed E-state index contributed by atoms with van der Waals surface area (Å²) in [5, 5.41) is 11.5. The van der Waals surface area contributed by atoms with Crippen LogP contribution in [0.25, 0.3) is 0 Å². The van der Waals surface area contributed by atoms with E-state index in [2.05, 4.69) is 20.7 Å². The lowest BCUT2D eigenvalue weighted by atomic mass is 9.87. The van der Waals surface area contributed by atoms with E-state index in [4.69, 9.17) is 0 Å².